The molecule has 5 atom stereocenters. The first kappa shape index (κ1) is 48.6. The Kier molecular flexibility index (Phi) is 28.3. The summed E-state index contributed by atoms with van der Waals surface area (Å²) in [5.74, 6) is -1.67. The molecule has 1 rings (SSSR count). The van der Waals surface area contributed by atoms with E-state index in [4.69, 9.17) is 19.3 Å². The number of rotatable bonds is 32. The molecular formula is C41H69O11P. The summed E-state index contributed by atoms with van der Waals surface area (Å²) in [5, 5.41) is 20.7. The second kappa shape index (κ2) is 30.9. The highest BCUT2D eigenvalue weighted by Gasteiger charge is 2.39. The summed E-state index contributed by atoms with van der Waals surface area (Å²) < 4.78 is 26.3. The smallest absolute Gasteiger partial charge is 0.462 e. The number of carbonyl (C=O) groups is 3. The minimum atomic E-state index is -4.82. The van der Waals surface area contributed by atoms with Crippen LogP contribution in [0.25, 0.3) is 0 Å². The Balaban J connectivity index is 2.32. The molecule has 11 nitrogen and oxygen atoms in total. The van der Waals surface area contributed by atoms with Gasteiger partial charge in [0.05, 0.1) is 18.8 Å². The molecule has 304 valence electrons. The largest absolute Gasteiger partial charge is 0.469 e. The van der Waals surface area contributed by atoms with E-state index in [2.05, 4.69) is 54.8 Å². The van der Waals surface area contributed by atoms with Crippen LogP contribution < -0.4 is 0 Å². The van der Waals surface area contributed by atoms with E-state index in [1.807, 2.05) is 0 Å². The quantitative estimate of drug-likeness (QED) is 0.0223. The molecule has 0 radical (unpaired) electrons. The van der Waals surface area contributed by atoms with Crippen LogP contribution >= 0.6 is 7.82 Å². The summed E-state index contributed by atoms with van der Waals surface area (Å²) in [6, 6.07) is 0. The van der Waals surface area contributed by atoms with Gasteiger partial charge in [0.1, 0.15) is 12.4 Å². The molecule has 4 N–H and O–H groups in total. The van der Waals surface area contributed by atoms with Crippen LogP contribution in [0.3, 0.4) is 0 Å². The topological polar surface area (TPSA) is 177 Å². The number of hydrogen-bond donors (Lipinski definition) is 4. The van der Waals surface area contributed by atoms with Crippen LogP contribution in [0, 0.1) is 11.8 Å². The number of unbranched alkanes of at least 4 members (excludes halogenated alkanes) is 10. The number of hydrogen-bond acceptors (Lipinski definition) is 9. The molecule has 0 saturated heterocycles. The highest BCUT2D eigenvalue weighted by molar-refractivity contribution is 7.46. The van der Waals surface area contributed by atoms with Gasteiger partial charge in [-0.1, -0.05) is 114 Å². The first-order valence-corrected chi connectivity index (χ1v) is 21.6. The van der Waals surface area contributed by atoms with Crippen LogP contribution in [0.1, 0.15) is 149 Å². The van der Waals surface area contributed by atoms with Crippen LogP contribution in [-0.4, -0.2) is 69.2 Å². The maximum atomic E-state index is 12.5. The van der Waals surface area contributed by atoms with E-state index in [1.54, 1.807) is 12.2 Å². The summed E-state index contributed by atoms with van der Waals surface area (Å²) in [6.07, 6.45) is 30.3. The number of carbonyl (C=O) groups excluding carboxylic acids is 3. The zero-order valence-electron chi connectivity index (χ0n) is 32.4. The van der Waals surface area contributed by atoms with E-state index >= 15 is 0 Å². The number of aliphatic hydroxyl groups is 2. The van der Waals surface area contributed by atoms with Gasteiger partial charge >= 0.3 is 19.8 Å². The number of aliphatic hydroxyl groups excluding tert-OH is 2. The molecule has 0 amide bonds. The zero-order chi connectivity index (χ0) is 39.2. The molecule has 53 heavy (non-hydrogen) atoms. The average Bonchev–Trinajstić information content (AvgIpc) is 3.38. The maximum Gasteiger partial charge on any atom is 0.469 e. The summed E-state index contributed by atoms with van der Waals surface area (Å²) in [4.78, 5) is 55.4. The van der Waals surface area contributed by atoms with Crippen molar-refractivity contribution in [1.82, 2.24) is 0 Å². The van der Waals surface area contributed by atoms with Crippen molar-refractivity contribution in [3.63, 3.8) is 0 Å². The van der Waals surface area contributed by atoms with Gasteiger partial charge in [0.25, 0.3) is 0 Å². The normalized spacial score (nSPS) is 19.3. The Morgan fingerprint density at radius 2 is 1.38 bits per heavy atom. The lowest BCUT2D eigenvalue weighted by Gasteiger charge is -2.19. The van der Waals surface area contributed by atoms with E-state index in [0.29, 0.717) is 25.7 Å². The van der Waals surface area contributed by atoms with Crippen molar-refractivity contribution < 1.29 is 52.9 Å². The lowest BCUT2D eigenvalue weighted by atomic mass is 9.88. The Labute approximate surface area is 318 Å². The van der Waals surface area contributed by atoms with E-state index in [-0.39, 0.29) is 37.6 Å². The molecule has 0 heterocycles. The van der Waals surface area contributed by atoms with Crippen molar-refractivity contribution >= 4 is 25.5 Å². The van der Waals surface area contributed by atoms with Crippen LogP contribution in [0.5, 0.6) is 0 Å². The maximum absolute atomic E-state index is 12.5. The summed E-state index contributed by atoms with van der Waals surface area (Å²) in [7, 11) is -4.82. The molecular weight excluding hydrogens is 699 g/mol. The third-order valence-electron chi connectivity index (χ3n) is 9.23. The first-order valence-electron chi connectivity index (χ1n) is 20.0. The average molecular weight is 769 g/mol. The second-order valence-electron chi connectivity index (χ2n) is 14.0. The van der Waals surface area contributed by atoms with Crippen molar-refractivity contribution in [3.05, 3.63) is 48.6 Å². The monoisotopic (exact) mass is 768 g/mol. The molecule has 1 saturated carbocycles. The number of ketones is 1. The predicted octanol–water partition coefficient (Wildman–Crippen LogP) is 8.54. The van der Waals surface area contributed by atoms with Crippen LogP contribution in [0.2, 0.25) is 0 Å². The number of allylic oxidation sites excluding steroid dienone is 7. The minimum absolute atomic E-state index is 0.00335. The second-order valence-corrected chi connectivity index (χ2v) is 15.3. The van der Waals surface area contributed by atoms with Crippen LogP contribution in [0.15, 0.2) is 48.6 Å². The Hall–Kier alpha value is -2.40. The lowest BCUT2D eigenvalue weighted by molar-refractivity contribution is -0.161. The fourth-order valence-electron chi connectivity index (χ4n) is 6.16. The van der Waals surface area contributed by atoms with Crippen molar-refractivity contribution in [2.45, 2.75) is 167 Å². The number of ether oxygens (including phenoxy) is 2. The zero-order valence-corrected chi connectivity index (χ0v) is 33.3. The molecule has 0 aliphatic heterocycles. The van der Waals surface area contributed by atoms with Crippen LogP contribution in [-0.2, 0) is 32.9 Å². The number of Topliss-reactive ketones (excluding diaryl/α,β-unsaturated/α-hetero) is 1. The summed E-state index contributed by atoms with van der Waals surface area (Å²) in [6.45, 7) is 3.31. The number of phosphoric ester groups is 1. The van der Waals surface area contributed by atoms with Gasteiger partial charge in [-0.15, -0.1) is 0 Å². The predicted molar refractivity (Wildman–Crippen MR) is 208 cm³/mol. The van der Waals surface area contributed by atoms with E-state index < -0.39 is 50.6 Å². The van der Waals surface area contributed by atoms with Gasteiger partial charge in [0, 0.05) is 25.2 Å². The summed E-state index contributed by atoms with van der Waals surface area (Å²) >= 11 is 0. The molecule has 1 aliphatic carbocycles. The van der Waals surface area contributed by atoms with E-state index in [1.165, 1.54) is 19.3 Å². The molecule has 0 unspecified atom stereocenters. The molecule has 1 aliphatic rings. The summed E-state index contributed by atoms with van der Waals surface area (Å²) in [5.41, 5.74) is 0. The Morgan fingerprint density at radius 1 is 0.792 bits per heavy atom. The van der Waals surface area contributed by atoms with Gasteiger partial charge < -0.3 is 29.5 Å². The fourth-order valence-corrected chi connectivity index (χ4v) is 6.53. The van der Waals surface area contributed by atoms with Crippen molar-refractivity contribution in [1.29, 1.82) is 0 Å². The Bertz CT molecular complexity index is 1160. The highest BCUT2D eigenvalue weighted by Crippen LogP contribution is 2.36. The third-order valence-corrected chi connectivity index (χ3v) is 9.71. The van der Waals surface area contributed by atoms with Crippen LogP contribution in [0.4, 0.5) is 0 Å². The van der Waals surface area contributed by atoms with Gasteiger partial charge in [0.15, 0.2) is 6.10 Å². The fraction of sp³-hybridized carbons (Fsp3) is 0.732. The van der Waals surface area contributed by atoms with E-state index in [0.717, 1.165) is 70.6 Å². The van der Waals surface area contributed by atoms with Gasteiger partial charge in [-0.05, 0) is 70.1 Å². The van der Waals surface area contributed by atoms with Gasteiger partial charge in [-0.25, -0.2) is 4.57 Å². The number of esters is 2. The molecule has 12 heteroatoms. The van der Waals surface area contributed by atoms with Crippen molar-refractivity contribution in [3.8, 4) is 0 Å². The Morgan fingerprint density at radius 3 is 2.04 bits per heavy atom. The molecule has 0 aromatic carbocycles. The number of phosphoric acid groups is 1. The standard InChI is InChI=1S/C41H69O11P/c1-3-5-7-8-9-10-11-12-13-14-15-16-17-18-24-28-41(46)52-35(33-51-53(47,48)49)32-50-40(45)27-23-20-19-22-26-36-37(39(44)31-38(36)43)30-29-34(42)25-21-6-4-2/h9-10,12-13,15-16,29-30,34-38,42-43H,3-8,11,14,17-28,31-33H2,1-2H3,(H2,47,48,49)/b10-9-,13-12-,16-15-,30-29+/t34-,35+,36+,37+,38-/m0/s1. The van der Waals surface area contributed by atoms with E-state index in [9.17, 15) is 29.2 Å². The SMILES string of the molecule is CCCCC/C=C\C/C=C\C/C=C\CCCCC(=O)O[C@H](COC(=O)CCCCCC[C@H]1[C@@H](O)CC(=O)[C@@H]1/C=C/[C@@H](O)CCCCC)COP(=O)(O)O. The molecule has 0 aromatic rings. The molecule has 0 aromatic heterocycles. The molecule has 0 spiro atoms. The van der Waals surface area contributed by atoms with Gasteiger partial charge in [-0.2, -0.15) is 0 Å². The first-order chi connectivity index (χ1) is 25.5. The van der Waals surface area contributed by atoms with Crippen molar-refractivity contribution in [2.24, 2.45) is 11.8 Å². The van der Waals surface area contributed by atoms with Gasteiger partial charge in [0.2, 0.25) is 0 Å². The lowest BCUT2D eigenvalue weighted by Crippen LogP contribution is -2.29. The molecule has 1 fully saturated rings. The molecule has 0 bridgehead atoms. The van der Waals surface area contributed by atoms with Crippen molar-refractivity contribution in [2.75, 3.05) is 13.2 Å². The third kappa shape index (κ3) is 26.9. The van der Waals surface area contributed by atoms with Gasteiger partial charge in [-0.3, -0.25) is 18.9 Å². The highest BCUT2D eigenvalue weighted by atomic mass is 31.2. The minimum Gasteiger partial charge on any atom is -0.462 e.